The van der Waals surface area contributed by atoms with Gasteiger partial charge in [0.15, 0.2) is 0 Å². The van der Waals surface area contributed by atoms with Crippen molar-refractivity contribution in [3.63, 3.8) is 0 Å². The summed E-state index contributed by atoms with van der Waals surface area (Å²) in [6, 6.07) is 7.74. The van der Waals surface area contributed by atoms with Crippen LogP contribution < -0.4 is 11.1 Å². The molecule has 8 nitrogen and oxygen atoms in total. The standard InChI is InChI=1S/C14H18N3O5P/c1-2-5-13(23(20,21)22)16-14-10-7-4-3-6-9(10)12(17(18)19)8-11(14)15/h3-4,6-8,13,16H,2,5,15H2,1H3,(H2,20,21,22). The molecule has 2 aromatic carbocycles. The second kappa shape index (κ2) is 6.54. The molecule has 0 heterocycles. The van der Waals surface area contributed by atoms with E-state index < -0.39 is 18.3 Å². The molecule has 0 saturated carbocycles. The first kappa shape index (κ1) is 17.2. The average molecular weight is 339 g/mol. The molecule has 0 fully saturated rings. The quantitative estimate of drug-likeness (QED) is 0.274. The largest absolute Gasteiger partial charge is 0.397 e. The monoisotopic (exact) mass is 339 g/mol. The Hall–Kier alpha value is -2.15. The summed E-state index contributed by atoms with van der Waals surface area (Å²) in [5, 5.41) is 14.8. The molecule has 124 valence electrons. The Morgan fingerprint density at radius 2 is 1.96 bits per heavy atom. The zero-order valence-electron chi connectivity index (χ0n) is 12.5. The van der Waals surface area contributed by atoms with E-state index in [2.05, 4.69) is 5.32 Å². The molecule has 5 N–H and O–H groups in total. The summed E-state index contributed by atoms with van der Waals surface area (Å²) in [5.41, 5.74) is 6.12. The summed E-state index contributed by atoms with van der Waals surface area (Å²) in [5.74, 6) is -1.10. The van der Waals surface area contributed by atoms with Gasteiger partial charge in [-0.3, -0.25) is 14.7 Å². The van der Waals surface area contributed by atoms with Crippen LogP contribution in [0.15, 0.2) is 30.3 Å². The van der Waals surface area contributed by atoms with Crippen LogP contribution in [0.3, 0.4) is 0 Å². The maximum Gasteiger partial charge on any atom is 0.347 e. The molecule has 23 heavy (non-hydrogen) atoms. The lowest BCUT2D eigenvalue weighted by Gasteiger charge is -2.22. The fourth-order valence-corrected chi connectivity index (χ4v) is 3.35. The molecule has 0 aliphatic carbocycles. The molecule has 0 aromatic heterocycles. The van der Waals surface area contributed by atoms with Crippen LogP contribution in [-0.2, 0) is 4.57 Å². The highest BCUT2D eigenvalue weighted by atomic mass is 31.2. The van der Waals surface area contributed by atoms with Crippen LogP contribution >= 0.6 is 7.60 Å². The molecule has 0 saturated heterocycles. The highest BCUT2D eigenvalue weighted by Crippen LogP contribution is 2.46. The molecule has 0 spiro atoms. The Labute approximate surface area is 132 Å². The molecule has 0 bridgehead atoms. The van der Waals surface area contributed by atoms with E-state index in [-0.39, 0.29) is 17.8 Å². The minimum absolute atomic E-state index is 0.0740. The van der Waals surface area contributed by atoms with Crippen molar-refractivity contribution >= 4 is 35.4 Å². The number of rotatable bonds is 6. The van der Waals surface area contributed by atoms with Gasteiger partial charge in [-0.15, -0.1) is 0 Å². The number of nitrogens with one attached hydrogen (secondary N) is 1. The number of fused-ring (bicyclic) bond motifs is 1. The average Bonchev–Trinajstić information content (AvgIpc) is 2.47. The third-order valence-corrected chi connectivity index (χ3v) is 4.73. The number of nitrogens with two attached hydrogens (primary N) is 1. The minimum atomic E-state index is -4.39. The van der Waals surface area contributed by atoms with E-state index in [0.717, 1.165) is 0 Å². The normalized spacial score (nSPS) is 13.0. The van der Waals surface area contributed by atoms with Crippen molar-refractivity contribution in [3.8, 4) is 0 Å². The third-order valence-electron chi connectivity index (χ3n) is 3.53. The Morgan fingerprint density at radius 3 is 2.48 bits per heavy atom. The number of nitro groups is 1. The number of non-ortho nitro benzene ring substituents is 1. The zero-order valence-corrected chi connectivity index (χ0v) is 13.4. The molecule has 1 unspecified atom stereocenters. The van der Waals surface area contributed by atoms with Gasteiger partial charge in [0, 0.05) is 11.5 Å². The third kappa shape index (κ3) is 3.61. The van der Waals surface area contributed by atoms with Crippen LogP contribution in [0.5, 0.6) is 0 Å². The summed E-state index contributed by atoms with van der Waals surface area (Å²) in [7, 11) is -4.39. The van der Waals surface area contributed by atoms with Crippen LogP contribution in [0.1, 0.15) is 19.8 Å². The number of nitro benzene ring substituents is 1. The molecular formula is C14H18N3O5P. The van der Waals surface area contributed by atoms with Gasteiger partial charge in [-0.25, -0.2) is 0 Å². The SMILES string of the molecule is CCCC(Nc1c(N)cc([N+](=O)[O-])c2ccccc12)P(=O)(O)O. The van der Waals surface area contributed by atoms with Crippen LogP contribution in [-0.4, -0.2) is 20.5 Å². The first-order valence-corrected chi connectivity index (χ1v) is 8.71. The summed E-state index contributed by atoms with van der Waals surface area (Å²) in [6.07, 6.45) is 0.808. The van der Waals surface area contributed by atoms with Crippen molar-refractivity contribution in [2.24, 2.45) is 0 Å². The Morgan fingerprint density at radius 1 is 1.35 bits per heavy atom. The van der Waals surface area contributed by atoms with Crippen molar-refractivity contribution < 1.29 is 19.3 Å². The molecule has 1 atom stereocenters. The number of nitrogen functional groups attached to an aromatic ring is 1. The molecule has 0 aliphatic heterocycles. The van der Waals surface area contributed by atoms with E-state index in [1.54, 1.807) is 24.3 Å². The number of anilines is 2. The maximum absolute atomic E-state index is 11.6. The van der Waals surface area contributed by atoms with Crippen LogP contribution in [0.2, 0.25) is 0 Å². The van der Waals surface area contributed by atoms with Gasteiger partial charge in [0.2, 0.25) is 0 Å². The first-order chi connectivity index (χ1) is 10.8. The number of nitrogens with zero attached hydrogens (tertiary/aromatic N) is 1. The van der Waals surface area contributed by atoms with Gasteiger partial charge in [0.25, 0.3) is 5.69 Å². The molecule has 0 amide bonds. The van der Waals surface area contributed by atoms with Gasteiger partial charge >= 0.3 is 7.60 Å². The lowest BCUT2D eigenvalue weighted by Crippen LogP contribution is -2.20. The van der Waals surface area contributed by atoms with E-state index in [4.69, 9.17) is 5.73 Å². The minimum Gasteiger partial charge on any atom is -0.397 e. The Bertz CT molecular complexity index is 789. The second-order valence-electron chi connectivity index (χ2n) is 5.20. The van der Waals surface area contributed by atoms with E-state index in [9.17, 15) is 24.5 Å². The summed E-state index contributed by atoms with van der Waals surface area (Å²) in [6.45, 7) is 1.81. The van der Waals surface area contributed by atoms with Crippen LogP contribution in [0.4, 0.5) is 17.1 Å². The van der Waals surface area contributed by atoms with Crippen LogP contribution in [0, 0.1) is 10.1 Å². The van der Waals surface area contributed by atoms with E-state index in [1.807, 2.05) is 6.92 Å². The highest BCUT2D eigenvalue weighted by molar-refractivity contribution is 7.52. The number of hydrogen-bond donors (Lipinski definition) is 4. The fraction of sp³-hybridized carbons (Fsp3) is 0.286. The first-order valence-electron chi connectivity index (χ1n) is 7.03. The van der Waals surface area contributed by atoms with Gasteiger partial charge in [0.05, 0.1) is 21.7 Å². The Kier molecular flexibility index (Phi) is 4.89. The fourth-order valence-electron chi connectivity index (χ4n) is 2.45. The molecule has 0 aliphatic rings. The zero-order chi connectivity index (χ0) is 17.2. The highest BCUT2D eigenvalue weighted by Gasteiger charge is 2.29. The second-order valence-corrected chi connectivity index (χ2v) is 7.00. The van der Waals surface area contributed by atoms with Crippen molar-refractivity contribution in [1.29, 1.82) is 0 Å². The van der Waals surface area contributed by atoms with Crippen LogP contribution in [0.25, 0.3) is 10.8 Å². The topological polar surface area (TPSA) is 139 Å². The molecule has 9 heteroatoms. The number of benzene rings is 2. The molecule has 0 radical (unpaired) electrons. The maximum atomic E-state index is 11.6. The predicted molar refractivity (Wildman–Crippen MR) is 89.4 cm³/mol. The number of hydrogen-bond acceptors (Lipinski definition) is 5. The van der Waals surface area contributed by atoms with Crippen molar-refractivity contribution in [3.05, 3.63) is 40.4 Å². The van der Waals surface area contributed by atoms with Gasteiger partial charge in [-0.05, 0) is 12.5 Å². The summed E-state index contributed by atoms with van der Waals surface area (Å²) >= 11 is 0. The lowest BCUT2D eigenvalue weighted by molar-refractivity contribution is -0.383. The molecule has 2 aromatic rings. The smallest absolute Gasteiger partial charge is 0.347 e. The summed E-state index contributed by atoms with van der Waals surface area (Å²) in [4.78, 5) is 29.6. The summed E-state index contributed by atoms with van der Waals surface area (Å²) < 4.78 is 11.6. The van der Waals surface area contributed by atoms with Gasteiger partial charge in [-0.2, -0.15) is 0 Å². The molecular weight excluding hydrogens is 321 g/mol. The Balaban J connectivity index is 2.61. The van der Waals surface area contributed by atoms with Gasteiger partial charge in [-0.1, -0.05) is 31.5 Å². The lowest BCUT2D eigenvalue weighted by atomic mass is 10.0. The van der Waals surface area contributed by atoms with Crippen molar-refractivity contribution in [2.45, 2.75) is 25.5 Å². The van der Waals surface area contributed by atoms with Gasteiger partial charge < -0.3 is 20.8 Å². The van der Waals surface area contributed by atoms with E-state index in [1.165, 1.54) is 6.07 Å². The van der Waals surface area contributed by atoms with Gasteiger partial charge in [0.1, 0.15) is 5.78 Å². The predicted octanol–water partition coefficient (Wildman–Crippen LogP) is 3.05. The van der Waals surface area contributed by atoms with Crippen molar-refractivity contribution in [2.75, 3.05) is 11.1 Å². The molecule has 2 rings (SSSR count). The van der Waals surface area contributed by atoms with E-state index in [0.29, 0.717) is 22.9 Å². The van der Waals surface area contributed by atoms with E-state index >= 15 is 0 Å². The van der Waals surface area contributed by atoms with Crippen molar-refractivity contribution in [1.82, 2.24) is 0 Å².